The third-order valence-corrected chi connectivity index (χ3v) is 2.75. The number of alkyl carbamates (subject to hydrolysis) is 1. The molecular formula is C17H25N3O5. The van der Waals surface area contributed by atoms with Gasteiger partial charge in [0.15, 0.2) is 0 Å². The number of nitrogens with one attached hydrogen (secondary N) is 3. The van der Waals surface area contributed by atoms with Crippen molar-refractivity contribution in [2.24, 2.45) is 0 Å². The van der Waals surface area contributed by atoms with Gasteiger partial charge in [0, 0.05) is 13.1 Å². The van der Waals surface area contributed by atoms with E-state index in [1.807, 2.05) is 0 Å². The maximum Gasteiger partial charge on any atom is 0.407 e. The fraction of sp³-hybridized carbons (Fsp3) is 0.471. The van der Waals surface area contributed by atoms with Crippen molar-refractivity contribution in [1.82, 2.24) is 10.6 Å². The van der Waals surface area contributed by atoms with E-state index < -0.39 is 23.7 Å². The molecule has 0 aliphatic carbocycles. The number of rotatable bonds is 6. The van der Waals surface area contributed by atoms with Crippen molar-refractivity contribution >= 4 is 23.8 Å². The van der Waals surface area contributed by atoms with Crippen LogP contribution in [0.2, 0.25) is 0 Å². The van der Waals surface area contributed by atoms with Gasteiger partial charge in [-0.2, -0.15) is 0 Å². The maximum atomic E-state index is 11.9. The number of carbonyl (C=O) groups excluding carboxylic acids is 3. The molecule has 3 N–H and O–H groups in total. The molecule has 0 saturated heterocycles. The van der Waals surface area contributed by atoms with Crippen molar-refractivity contribution < 1.29 is 23.9 Å². The molecule has 1 aromatic rings. The van der Waals surface area contributed by atoms with Crippen molar-refractivity contribution in [2.45, 2.75) is 33.3 Å². The van der Waals surface area contributed by atoms with Gasteiger partial charge in [0.05, 0.1) is 17.9 Å². The van der Waals surface area contributed by atoms with Crippen molar-refractivity contribution in [3.05, 3.63) is 29.8 Å². The van der Waals surface area contributed by atoms with Gasteiger partial charge in [-0.15, -0.1) is 0 Å². The van der Waals surface area contributed by atoms with E-state index in [-0.39, 0.29) is 25.3 Å². The van der Waals surface area contributed by atoms with Gasteiger partial charge in [-0.05, 0) is 39.8 Å². The lowest BCUT2D eigenvalue weighted by Crippen LogP contribution is -2.39. The van der Waals surface area contributed by atoms with Gasteiger partial charge in [0.25, 0.3) is 0 Å². The SMILES string of the molecule is CCOC(=O)c1ccccc1NC(=O)NCCNC(=O)OC(C)(C)C. The van der Waals surface area contributed by atoms with Gasteiger partial charge in [0.2, 0.25) is 0 Å². The van der Waals surface area contributed by atoms with Gasteiger partial charge >= 0.3 is 18.1 Å². The monoisotopic (exact) mass is 351 g/mol. The minimum atomic E-state index is -0.578. The summed E-state index contributed by atoms with van der Waals surface area (Å²) in [4.78, 5) is 35.2. The fourth-order valence-electron chi connectivity index (χ4n) is 1.80. The highest BCUT2D eigenvalue weighted by Gasteiger charge is 2.16. The number of hydrogen-bond acceptors (Lipinski definition) is 5. The highest BCUT2D eigenvalue weighted by Crippen LogP contribution is 2.16. The Bertz CT molecular complexity index is 611. The van der Waals surface area contributed by atoms with Crippen LogP contribution in [0.5, 0.6) is 0 Å². The summed E-state index contributed by atoms with van der Waals surface area (Å²) in [5.41, 5.74) is 0.0380. The number of para-hydroxylation sites is 1. The Morgan fingerprint density at radius 2 is 1.68 bits per heavy atom. The Balaban J connectivity index is 2.43. The zero-order valence-electron chi connectivity index (χ0n) is 15.0. The third-order valence-electron chi connectivity index (χ3n) is 2.75. The van der Waals surface area contributed by atoms with Gasteiger partial charge in [-0.25, -0.2) is 14.4 Å². The summed E-state index contributed by atoms with van der Waals surface area (Å²) in [5, 5.41) is 7.68. The van der Waals surface area contributed by atoms with Crippen LogP contribution in [0.15, 0.2) is 24.3 Å². The second-order valence-corrected chi connectivity index (χ2v) is 6.08. The first kappa shape index (κ1) is 20.3. The highest BCUT2D eigenvalue weighted by molar-refractivity contribution is 6.00. The highest BCUT2D eigenvalue weighted by atomic mass is 16.6. The molecule has 0 aliphatic rings. The lowest BCUT2D eigenvalue weighted by Gasteiger charge is -2.19. The minimum Gasteiger partial charge on any atom is -0.462 e. The predicted molar refractivity (Wildman–Crippen MR) is 93.7 cm³/mol. The second-order valence-electron chi connectivity index (χ2n) is 6.08. The van der Waals surface area contributed by atoms with Crippen molar-refractivity contribution in [1.29, 1.82) is 0 Å². The number of anilines is 1. The molecule has 0 spiro atoms. The second kappa shape index (κ2) is 9.51. The minimum absolute atomic E-state index is 0.201. The molecule has 0 aliphatic heterocycles. The van der Waals surface area contributed by atoms with Crippen LogP contribution < -0.4 is 16.0 Å². The van der Waals surface area contributed by atoms with E-state index in [1.54, 1.807) is 52.0 Å². The molecule has 8 heteroatoms. The Morgan fingerprint density at radius 3 is 2.32 bits per heavy atom. The summed E-state index contributed by atoms with van der Waals surface area (Å²) in [6.45, 7) is 7.65. The molecule has 0 heterocycles. The maximum absolute atomic E-state index is 11.9. The molecule has 25 heavy (non-hydrogen) atoms. The molecule has 0 aromatic heterocycles. The molecule has 3 amide bonds. The summed E-state index contributed by atoms with van der Waals surface area (Å²) in [5.74, 6) is -0.509. The number of benzene rings is 1. The zero-order chi connectivity index (χ0) is 18.9. The summed E-state index contributed by atoms with van der Waals surface area (Å²) in [6.07, 6.45) is -0.553. The average molecular weight is 351 g/mol. The van der Waals surface area contributed by atoms with Crippen LogP contribution >= 0.6 is 0 Å². The van der Waals surface area contributed by atoms with Crippen LogP contribution in [-0.4, -0.2) is 43.4 Å². The Hall–Kier alpha value is -2.77. The summed E-state index contributed by atoms with van der Waals surface area (Å²) in [6, 6.07) is 6.05. The van der Waals surface area contributed by atoms with Crippen molar-refractivity contribution in [2.75, 3.05) is 25.0 Å². The molecule has 1 rings (SSSR count). The largest absolute Gasteiger partial charge is 0.462 e. The molecular weight excluding hydrogens is 326 g/mol. The lowest BCUT2D eigenvalue weighted by molar-refractivity contribution is 0.0517. The van der Waals surface area contributed by atoms with E-state index in [2.05, 4.69) is 16.0 Å². The van der Waals surface area contributed by atoms with Gasteiger partial charge in [0.1, 0.15) is 5.60 Å². The van der Waals surface area contributed by atoms with Gasteiger partial charge < -0.3 is 25.4 Å². The molecule has 0 fully saturated rings. The Kier molecular flexibility index (Phi) is 7.71. The quantitative estimate of drug-likeness (QED) is 0.539. The van der Waals surface area contributed by atoms with Crippen LogP contribution in [-0.2, 0) is 9.47 Å². The summed E-state index contributed by atoms with van der Waals surface area (Å²) < 4.78 is 10.0. The van der Waals surface area contributed by atoms with E-state index in [0.29, 0.717) is 5.69 Å². The third kappa shape index (κ3) is 8.05. The number of carbonyl (C=O) groups is 3. The zero-order valence-corrected chi connectivity index (χ0v) is 15.0. The molecule has 8 nitrogen and oxygen atoms in total. The predicted octanol–water partition coefficient (Wildman–Crippen LogP) is 2.51. The van der Waals surface area contributed by atoms with Gasteiger partial charge in [-0.3, -0.25) is 0 Å². The summed E-state index contributed by atoms with van der Waals surface area (Å²) >= 11 is 0. The first-order valence-electron chi connectivity index (χ1n) is 8.00. The van der Waals surface area contributed by atoms with Crippen LogP contribution in [0.3, 0.4) is 0 Å². The molecule has 0 unspecified atom stereocenters. The molecule has 0 atom stereocenters. The first-order valence-corrected chi connectivity index (χ1v) is 8.00. The van der Waals surface area contributed by atoms with E-state index in [1.165, 1.54) is 0 Å². The number of esters is 1. The summed E-state index contributed by atoms with van der Waals surface area (Å²) in [7, 11) is 0. The van der Waals surface area contributed by atoms with Gasteiger partial charge in [-0.1, -0.05) is 12.1 Å². The number of urea groups is 1. The number of ether oxygens (including phenoxy) is 2. The first-order chi connectivity index (χ1) is 11.7. The fourth-order valence-corrected chi connectivity index (χ4v) is 1.80. The normalized spacial score (nSPS) is 10.6. The van der Waals surface area contributed by atoms with Crippen LogP contribution in [0.25, 0.3) is 0 Å². The van der Waals surface area contributed by atoms with Crippen molar-refractivity contribution in [3.63, 3.8) is 0 Å². The molecule has 0 radical (unpaired) electrons. The number of amides is 3. The van der Waals surface area contributed by atoms with E-state index >= 15 is 0 Å². The van der Waals surface area contributed by atoms with Crippen LogP contribution in [0, 0.1) is 0 Å². The molecule has 1 aromatic carbocycles. The van der Waals surface area contributed by atoms with E-state index in [4.69, 9.17) is 9.47 Å². The molecule has 0 saturated carbocycles. The number of hydrogen-bond donors (Lipinski definition) is 3. The smallest absolute Gasteiger partial charge is 0.407 e. The Morgan fingerprint density at radius 1 is 1.04 bits per heavy atom. The van der Waals surface area contributed by atoms with Crippen LogP contribution in [0.4, 0.5) is 15.3 Å². The standard InChI is InChI=1S/C17H25N3O5/c1-5-24-14(21)12-8-6-7-9-13(12)20-15(22)18-10-11-19-16(23)25-17(2,3)4/h6-9H,5,10-11H2,1-4H3,(H,19,23)(H2,18,20,22). The molecule has 138 valence electrons. The Labute approximate surface area is 147 Å². The van der Waals surface area contributed by atoms with Crippen LogP contribution in [0.1, 0.15) is 38.1 Å². The van der Waals surface area contributed by atoms with Crippen molar-refractivity contribution in [3.8, 4) is 0 Å². The van der Waals surface area contributed by atoms with E-state index in [9.17, 15) is 14.4 Å². The lowest BCUT2D eigenvalue weighted by atomic mass is 10.2. The average Bonchev–Trinajstić information content (AvgIpc) is 2.50. The van der Waals surface area contributed by atoms with E-state index in [0.717, 1.165) is 0 Å². The topological polar surface area (TPSA) is 106 Å². The molecule has 0 bridgehead atoms.